The van der Waals surface area contributed by atoms with E-state index in [0.29, 0.717) is 16.6 Å². The third-order valence-electron chi connectivity index (χ3n) is 2.28. The molecule has 5 heteroatoms. The van der Waals surface area contributed by atoms with Crippen LogP contribution in [0, 0.1) is 0 Å². The van der Waals surface area contributed by atoms with Crippen LogP contribution in [0.4, 0.5) is 5.69 Å². The zero-order valence-corrected chi connectivity index (χ0v) is 10.5. The van der Waals surface area contributed by atoms with Crippen molar-refractivity contribution in [1.82, 2.24) is 9.78 Å². The fourth-order valence-corrected chi connectivity index (χ4v) is 1.77. The summed E-state index contributed by atoms with van der Waals surface area (Å²) in [6.45, 7) is 4.26. The molecule has 17 heavy (non-hydrogen) atoms. The number of hydrogen-bond acceptors (Lipinski definition) is 2. The Morgan fingerprint density at radius 3 is 2.94 bits per heavy atom. The molecule has 0 bridgehead atoms. The van der Waals surface area contributed by atoms with Crippen LogP contribution in [-0.4, -0.2) is 9.78 Å². The molecule has 1 aromatic heterocycles. The van der Waals surface area contributed by atoms with Gasteiger partial charge < -0.3 is 5.32 Å². The Kier molecular flexibility index (Phi) is 3.71. The highest BCUT2D eigenvalue weighted by Crippen LogP contribution is 2.29. The summed E-state index contributed by atoms with van der Waals surface area (Å²) in [5, 5.41) is 8.36. The predicted octanol–water partition coefficient (Wildman–Crippen LogP) is 3.90. The first-order chi connectivity index (χ1) is 8.20. The average molecular weight is 268 g/mol. The van der Waals surface area contributed by atoms with E-state index in [1.54, 1.807) is 23.1 Å². The van der Waals surface area contributed by atoms with Crippen molar-refractivity contribution < 1.29 is 0 Å². The minimum Gasteiger partial charge on any atom is -0.380 e. The number of anilines is 1. The van der Waals surface area contributed by atoms with Crippen LogP contribution < -0.4 is 5.32 Å². The van der Waals surface area contributed by atoms with E-state index in [1.165, 1.54) is 0 Å². The highest BCUT2D eigenvalue weighted by atomic mass is 35.5. The van der Waals surface area contributed by atoms with Crippen LogP contribution in [0.25, 0.3) is 6.20 Å². The molecule has 0 unspecified atom stereocenters. The van der Waals surface area contributed by atoms with Crippen LogP contribution >= 0.6 is 23.2 Å². The lowest BCUT2D eigenvalue weighted by molar-refractivity contribution is 0.936. The summed E-state index contributed by atoms with van der Waals surface area (Å²) in [5.74, 6) is 0. The van der Waals surface area contributed by atoms with Crippen molar-refractivity contribution in [1.29, 1.82) is 0 Å². The maximum atomic E-state index is 6.06. The minimum absolute atomic E-state index is 0.533. The normalized spacial score (nSPS) is 10.2. The summed E-state index contributed by atoms with van der Waals surface area (Å²) < 4.78 is 1.65. The van der Waals surface area contributed by atoms with Gasteiger partial charge in [-0.05, 0) is 12.1 Å². The molecule has 0 fully saturated rings. The summed E-state index contributed by atoms with van der Waals surface area (Å²) in [6, 6.07) is 5.49. The van der Waals surface area contributed by atoms with Crippen molar-refractivity contribution in [3.8, 4) is 0 Å². The van der Waals surface area contributed by atoms with Crippen molar-refractivity contribution in [2.75, 3.05) is 5.32 Å². The quantitative estimate of drug-likeness (QED) is 0.911. The van der Waals surface area contributed by atoms with E-state index in [1.807, 2.05) is 18.3 Å². The number of rotatable bonds is 4. The molecule has 1 aromatic carbocycles. The van der Waals surface area contributed by atoms with Gasteiger partial charge in [0.1, 0.15) is 0 Å². The van der Waals surface area contributed by atoms with Gasteiger partial charge in [0.25, 0.3) is 0 Å². The number of nitrogens with zero attached hydrogens (tertiary/aromatic N) is 2. The van der Waals surface area contributed by atoms with Gasteiger partial charge in [0.15, 0.2) is 0 Å². The molecule has 0 radical (unpaired) electrons. The van der Waals surface area contributed by atoms with Crippen LogP contribution in [0.1, 0.15) is 5.56 Å². The third-order valence-corrected chi connectivity index (χ3v) is 3.10. The monoisotopic (exact) mass is 267 g/mol. The molecule has 0 saturated heterocycles. The Morgan fingerprint density at radius 2 is 2.24 bits per heavy atom. The predicted molar refractivity (Wildman–Crippen MR) is 72.4 cm³/mol. The molecule has 2 aromatic rings. The molecule has 0 saturated carbocycles. The smallest absolute Gasteiger partial charge is 0.0823 e. The molecule has 0 atom stereocenters. The fourth-order valence-electron chi connectivity index (χ4n) is 1.41. The fraction of sp³-hybridized carbons (Fsp3) is 0.0833. The number of benzene rings is 1. The third kappa shape index (κ3) is 2.81. The van der Waals surface area contributed by atoms with Crippen LogP contribution in [-0.2, 0) is 6.54 Å². The summed E-state index contributed by atoms with van der Waals surface area (Å²) in [4.78, 5) is 0. The number of hydrogen-bond donors (Lipinski definition) is 1. The minimum atomic E-state index is 0.533. The molecule has 88 valence electrons. The summed E-state index contributed by atoms with van der Waals surface area (Å²) in [5.41, 5.74) is 1.85. The average Bonchev–Trinajstić information content (AvgIpc) is 2.79. The van der Waals surface area contributed by atoms with Crippen molar-refractivity contribution in [2.45, 2.75) is 6.54 Å². The second kappa shape index (κ2) is 5.25. The molecule has 0 aliphatic rings. The molecular weight excluding hydrogens is 257 g/mol. The Labute approximate surface area is 110 Å². The van der Waals surface area contributed by atoms with Gasteiger partial charge >= 0.3 is 0 Å². The lowest BCUT2D eigenvalue weighted by Crippen LogP contribution is -1.98. The van der Waals surface area contributed by atoms with Gasteiger partial charge in [-0.25, -0.2) is 4.68 Å². The van der Waals surface area contributed by atoms with Crippen LogP contribution in [0.5, 0.6) is 0 Å². The second-order valence-electron chi connectivity index (χ2n) is 3.47. The Hall–Kier alpha value is -1.45. The summed E-state index contributed by atoms with van der Waals surface area (Å²) in [6.07, 6.45) is 5.29. The van der Waals surface area contributed by atoms with E-state index in [9.17, 15) is 0 Å². The van der Waals surface area contributed by atoms with Crippen molar-refractivity contribution in [3.63, 3.8) is 0 Å². The molecule has 2 rings (SSSR count). The van der Waals surface area contributed by atoms with Gasteiger partial charge in [0.2, 0.25) is 0 Å². The Balaban J connectivity index is 2.07. The van der Waals surface area contributed by atoms with Gasteiger partial charge in [-0.1, -0.05) is 35.8 Å². The standard InChI is InChI=1S/C12H11Cl2N3/c1-2-17-8-9(7-16-17)6-15-11-5-3-4-10(13)12(11)14/h2-5,7-8,15H,1,6H2. The highest BCUT2D eigenvalue weighted by Gasteiger charge is 2.04. The Morgan fingerprint density at radius 1 is 1.41 bits per heavy atom. The number of nitrogens with one attached hydrogen (secondary N) is 1. The number of halogens is 2. The van der Waals surface area contributed by atoms with Gasteiger partial charge in [0.05, 0.1) is 21.9 Å². The van der Waals surface area contributed by atoms with Crippen LogP contribution in [0.2, 0.25) is 10.0 Å². The zero-order chi connectivity index (χ0) is 12.3. The largest absolute Gasteiger partial charge is 0.380 e. The lowest BCUT2D eigenvalue weighted by Gasteiger charge is -2.07. The number of aromatic nitrogens is 2. The topological polar surface area (TPSA) is 29.9 Å². The van der Waals surface area contributed by atoms with E-state index >= 15 is 0 Å². The maximum Gasteiger partial charge on any atom is 0.0823 e. The van der Waals surface area contributed by atoms with Gasteiger partial charge in [-0.3, -0.25) is 0 Å². The molecule has 1 N–H and O–H groups in total. The SMILES string of the molecule is C=Cn1cc(CNc2cccc(Cl)c2Cl)cn1. The van der Waals surface area contributed by atoms with Crippen molar-refractivity contribution in [3.05, 3.63) is 52.8 Å². The van der Waals surface area contributed by atoms with Gasteiger partial charge in [-0.2, -0.15) is 5.10 Å². The Bertz CT molecular complexity index is 534. The van der Waals surface area contributed by atoms with E-state index in [2.05, 4.69) is 17.0 Å². The molecular formula is C12H11Cl2N3. The van der Waals surface area contributed by atoms with Crippen LogP contribution in [0.15, 0.2) is 37.2 Å². The van der Waals surface area contributed by atoms with E-state index < -0.39 is 0 Å². The van der Waals surface area contributed by atoms with E-state index in [0.717, 1.165) is 11.3 Å². The molecule has 0 aliphatic heterocycles. The highest BCUT2D eigenvalue weighted by molar-refractivity contribution is 6.43. The molecule has 1 heterocycles. The van der Waals surface area contributed by atoms with E-state index in [-0.39, 0.29) is 0 Å². The van der Waals surface area contributed by atoms with Crippen LogP contribution in [0.3, 0.4) is 0 Å². The van der Waals surface area contributed by atoms with Crippen molar-refractivity contribution in [2.24, 2.45) is 0 Å². The first kappa shape index (κ1) is 12.0. The van der Waals surface area contributed by atoms with Gasteiger partial charge in [0, 0.05) is 24.5 Å². The van der Waals surface area contributed by atoms with E-state index in [4.69, 9.17) is 23.2 Å². The first-order valence-electron chi connectivity index (χ1n) is 5.04. The molecule has 0 spiro atoms. The summed E-state index contributed by atoms with van der Waals surface area (Å²) in [7, 11) is 0. The molecule has 0 amide bonds. The van der Waals surface area contributed by atoms with Gasteiger partial charge in [-0.15, -0.1) is 0 Å². The maximum absolute atomic E-state index is 6.06. The molecule has 3 nitrogen and oxygen atoms in total. The van der Waals surface area contributed by atoms with Crippen molar-refractivity contribution >= 4 is 35.1 Å². The summed E-state index contributed by atoms with van der Waals surface area (Å²) >= 11 is 12.0. The molecule has 0 aliphatic carbocycles. The first-order valence-corrected chi connectivity index (χ1v) is 5.80. The second-order valence-corrected chi connectivity index (χ2v) is 4.25. The zero-order valence-electron chi connectivity index (χ0n) is 9.03. The lowest BCUT2D eigenvalue weighted by atomic mass is 10.3.